The van der Waals surface area contributed by atoms with Crippen LogP contribution in [0.3, 0.4) is 0 Å². The van der Waals surface area contributed by atoms with E-state index in [4.69, 9.17) is 0 Å². The molecule has 0 saturated carbocycles. The maximum atomic E-state index is 4.36. The van der Waals surface area contributed by atoms with E-state index in [-0.39, 0.29) is 23.0 Å². The van der Waals surface area contributed by atoms with Gasteiger partial charge in [-0.15, -0.1) is 0 Å². The SMILES string of the molecule is [CH2]C(CN(C)C)(CN(C)C)CN(C)C.[GeH4]. The van der Waals surface area contributed by atoms with E-state index in [1.165, 1.54) is 0 Å². The third-order valence-electron chi connectivity index (χ3n) is 1.95. The van der Waals surface area contributed by atoms with Crippen LogP contribution in [0.1, 0.15) is 0 Å². The fraction of sp³-hybridized carbons (Fsp3) is 0.909. The third-order valence-corrected chi connectivity index (χ3v) is 1.95. The van der Waals surface area contributed by atoms with E-state index in [9.17, 15) is 0 Å². The van der Waals surface area contributed by atoms with Gasteiger partial charge in [-0.25, -0.2) is 0 Å². The summed E-state index contributed by atoms with van der Waals surface area (Å²) in [5.74, 6) is 0. The fourth-order valence-electron chi connectivity index (χ4n) is 2.16. The summed E-state index contributed by atoms with van der Waals surface area (Å²) < 4.78 is 0. The average Bonchev–Trinajstić information content (AvgIpc) is 1.76. The first-order valence-corrected chi connectivity index (χ1v) is 5.05. The summed E-state index contributed by atoms with van der Waals surface area (Å²) in [7, 11) is 12.6. The molecular formula is C11H30GeN3. The van der Waals surface area contributed by atoms with Crippen molar-refractivity contribution < 1.29 is 0 Å². The molecule has 0 aromatic heterocycles. The van der Waals surface area contributed by atoms with Crippen molar-refractivity contribution in [1.29, 1.82) is 0 Å². The Bertz CT molecular complexity index is 131. The van der Waals surface area contributed by atoms with Gasteiger partial charge >= 0.3 is 17.6 Å². The van der Waals surface area contributed by atoms with Crippen molar-refractivity contribution in [3.63, 3.8) is 0 Å². The van der Waals surface area contributed by atoms with Crippen LogP contribution in [-0.4, -0.2) is 94.2 Å². The van der Waals surface area contributed by atoms with Crippen LogP contribution in [0.15, 0.2) is 0 Å². The van der Waals surface area contributed by atoms with E-state index in [1.54, 1.807) is 0 Å². The first-order valence-electron chi connectivity index (χ1n) is 5.05. The van der Waals surface area contributed by atoms with Crippen LogP contribution >= 0.6 is 0 Å². The van der Waals surface area contributed by atoms with Crippen LogP contribution in [0.4, 0.5) is 0 Å². The Morgan fingerprint density at radius 2 is 0.933 bits per heavy atom. The summed E-state index contributed by atoms with van der Waals surface area (Å²) in [5.41, 5.74) is 0.0938. The molecule has 0 rings (SSSR count). The second-order valence-electron chi connectivity index (χ2n) is 5.21. The Morgan fingerprint density at radius 1 is 0.733 bits per heavy atom. The number of rotatable bonds is 6. The zero-order chi connectivity index (χ0) is 11.4. The molecule has 0 fully saturated rings. The zero-order valence-electron chi connectivity index (χ0n) is 10.7. The van der Waals surface area contributed by atoms with Gasteiger partial charge in [0.15, 0.2) is 0 Å². The molecule has 93 valence electrons. The van der Waals surface area contributed by atoms with Crippen LogP contribution in [0.2, 0.25) is 0 Å². The molecule has 0 heterocycles. The Hall–Kier alpha value is 0.423. The quantitative estimate of drug-likeness (QED) is 0.579. The van der Waals surface area contributed by atoms with Gasteiger partial charge in [-0.1, -0.05) is 0 Å². The van der Waals surface area contributed by atoms with Gasteiger partial charge in [0.25, 0.3) is 0 Å². The van der Waals surface area contributed by atoms with Crippen LogP contribution in [0.5, 0.6) is 0 Å². The Morgan fingerprint density at radius 3 is 1.07 bits per heavy atom. The van der Waals surface area contributed by atoms with Crippen molar-refractivity contribution in [2.24, 2.45) is 5.41 Å². The van der Waals surface area contributed by atoms with Crippen molar-refractivity contribution in [1.82, 2.24) is 14.7 Å². The predicted octanol–water partition coefficient (Wildman–Crippen LogP) is -0.960. The molecule has 15 heavy (non-hydrogen) atoms. The fourth-order valence-corrected chi connectivity index (χ4v) is 2.16. The summed E-state index contributed by atoms with van der Waals surface area (Å²) in [6.07, 6.45) is 0. The van der Waals surface area contributed by atoms with E-state index in [2.05, 4.69) is 63.9 Å². The van der Waals surface area contributed by atoms with Gasteiger partial charge in [-0.05, 0) is 49.2 Å². The Balaban J connectivity index is 0. The van der Waals surface area contributed by atoms with Crippen molar-refractivity contribution in [2.45, 2.75) is 0 Å². The van der Waals surface area contributed by atoms with Gasteiger partial charge < -0.3 is 14.7 Å². The van der Waals surface area contributed by atoms with Crippen LogP contribution in [0, 0.1) is 12.3 Å². The Labute approximate surface area is 107 Å². The summed E-state index contributed by atoms with van der Waals surface area (Å²) in [6, 6.07) is 0. The molecule has 0 saturated heterocycles. The van der Waals surface area contributed by atoms with Crippen molar-refractivity contribution in [2.75, 3.05) is 61.9 Å². The molecule has 0 aromatic rings. The third kappa shape index (κ3) is 9.36. The van der Waals surface area contributed by atoms with Crippen molar-refractivity contribution in [3.8, 4) is 0 Å². The van der Waals surface area contributed by atoms with Gasteiger partial charge in [-0.2, -0.15) is 0 Å². The molecule has 3 nitrogen and oxygen atoms in total. The predicted molar refractivity (Wildman–Crippen MR) is 74.8 cm³/mol. The second kappa shape index (κ2) is 7.66. The molecule has 0 spiro atoms. The van der Waals surface area contributed by atoms with E-state index >= 15 is 0 Å². The molecule has 0 N–H and O–H groups in total. The zero-order valence-corrected chi connectivity index (χ0v) is 10.7. The number of hydrogen-bond donors (Lipinski definition) is 0. The molecule has 0 aromatic carbocycles. The van der Waals surface area contributed by atoms with Gasteiger partial charge in [0.1, 0.15) is 0 Å². The normalized spacial score (nSPS) is 12.4. The molecular weight excluding hydrogens is 247 g/mol. The first kappa shape index (κ1) is 17.8. The monoisotopic (exact) mass is 278 g/mol. The van der Waals surface area contributed by atoms with Crippen LogP contribution in [0.25, 0.3) is 0 Å². The molecule has 0 amide bonds. The maximum absolute atomic E-state index is 4.36. The van der Waals surface area contributed by atoms with E-state index < -0.39 is 0 Å². The van der Waals surface area contributed by atoms with Gasteiger partial charge in [0.2, 0.25) is 0 Å². The summed E-state index contributed by atoms with van der Waals surface area (Å²) >= 11 is 0. The standard InChI is InChI=1S/C11H26N3.GeH4/c1-11(8-12(2)3,9-13(4)5)10-14(6)7;/h1,8-10H2,2-7H3;1H4. The average molecular weight is 277 g/mol. The molecule has 0 aliphatic carbocycles. The van der Waals surface area contributed by atoms with Gasteiger partial charge in [-0.3, -0.25) is 0 Å². The minimum absolute atomic E-state index is 0. The molecule has 0 aliphatic rings. The second-order valence-corrected chi connectivity index (χ2v) is 5.21. The number of hydrogen-bond acceptors (Lipinski definition) is 3. The molecule has 0 atom stereocenters. The topological polar surface area (TPSA) is 9.72 Å². The summed E-state index contributed by atoms with van der Waals surface area (Å²) in [5, 5.41) is 0. The Kier molecular flexibility index (Phi) is 9.09. The molecule has 4 heteroatoms. The van der Waals surface area contributed by atoms with E-state index in [0.717, 1.165) is 19.6 Å². The molecule has 0 unspecified atom stereocenters. The molecule has 0 aliphatic heterocycles. The van der Waals surface area contributed by atoms with E-state index in [0.29, 0.717) is 0 Å². The van der Waals surface area contributed by atoms with E-state index in [1.807, 2.05) is 0 Å². The number of nitrogens with zero attached hydrogens (tertiary/aromatic N) is 3. The van der Waals surface area contributed by atoms with Gasteiger partial charge in [0.05, 0.1) is 0 Å². The van der Waals surface area contributed by atoms with Crippen molar-refractivity contribution in [3.05, 3.63) is 6.92 Å². The first-order chi connectivity index (χ1) is 6.25. The van der Waals surface area contributed by atoms with Crippen molar-refractivity contribution >= 4 is 17.6 Å². The minimum atomic E-state index is 0. The molecule has 1 radical (unpaired) electrons. The van der Waals surface area contributed by atoms with Crippen LogP contribution < -0.4 is 0 Å². The molecule has 0 bridgehead atoms. The summed E-state index contributed by atoms with van der Waals surface area (Å²) in [6.45, 7) is 7.42. The van der Waals surface area contributed by atoms with Crippen LogP contribution in [-0.2, 0) is 0 Å². The van der Waals surface area contributed by atoms with Gasteiger partial charge in [0, 0.05) is 25.0 Å². The summed E-state index contributed by atoms with van der Waals surface area (Å²) in [4.78, 5) is 6.62.